The molecular weight excluding hydrogens is 148 g/mol. The minimum Gasteiger partial charge on any atom is -0.389 e. The van der Waals surface area contributed by atoms with Gasteiger partial charge in [0.1, 0.15) is 0 Å². The number of hydrogen-bond donors (Lipinski definition) is 1. The molecule has 0 aromatic heterocycles. The molecule has 0 fully saturated rings. The number of rotatable bonds is 4. The van der Waals surface area contributed by atoms with Crippen LogP contribution >= 0.6 is 11.6 Å². The molecule has 0 spiro atoms. The van der Waals surface area contributed by atoms with Crippen molar-refractivity contribution in [3.63, 3.8) is 0 Å². The average Bonchev–Trinajstić information content (AvgIpc) is 1.98. The largest absolute Gasteiger partial charge is 0.389 e. The van der Waals surface area contributed by atoms with Crippen LogP contribution in [0.3, 0.4) is 0 Å². The van der Waals surface area contributed by atoms with Crippen molar-refractivity contribution < 1.29 is 5.11 Å². The molecule has 1 unspecified atom stereocenters. The number of allylic oxidation sites excluding steroid dienone is 3. The van der Waals surface area contributed by atoms with Gasteiger partial charge in [0.2, 0.25) is 0 Å². The Morgan fingerprint density at radius 2 is 2.20 bits per heavy atom. The fourth-order valence-corrected chi connectivity index (χ4v) is 0.561. The van der Waals surface area contributed by atoms with Gasteiger partial charge in [-0.2, -0.15) is 0 Å². The van der Waals surface area contributed by atoms with Crippen LogP contribution in [0.5, 0.6) is 0 Å². The van der Waals surface area contributed by atoms with E-state index in [-0.39, 0.29) is 6.10 Å². The Morgan fingerprint density at radius 1 is 1.50 bits per heavy atom. The van der Waals surface area contributed by atoms with Gasteiger partial charge in [0, 0.05) is 5.88 Å². The second kappa shape index (κ2) is 6.84. The fraction of sp³-hybridized carbons (Fsp3) is 0.500. The van der Waals surface area contributed by atoms with E-state index in [1.54, 1.807) is 12.2 Å². The molecule has 10 heavy (non-hydrogen) atoms. The zero-order valence-electron chi connectivity index (χ0n) is 6.13. The molecule has 1 N–H and O–H groups in total. The molecule has 0 saturated carbocycles. The van der Waals surface area contributed by atoms with E-state index in [0.29, 0.717) is 5.88 Å². The highest BCUT2D eigenvalue weighted by Crippen LogP contribution is 1.91. The molecule has 0 aliphatic heterocycles. The van der Waals surface area contributed by atoms with Crippen molar-refractivity contribution in [1.29, 1.82) is 0 Å². The molecular formula is C8H13ClO. The Kier molecular flexibility index (Phi) is 6.66. The summed E-state index contributed by atoms with van der Waals surface area (Å²) in [6, 6.07) is 0. The third kappa shape index (κ3) is 5.86. The van der Waals surface area contributed by atoms with E-state index < -0.39 is 0 Å². The molecule has 0 aliphatic carbocycles. The third-order valence-corrected chi connectivity index (χ3v) is 1.27. The quantitative estimate of drug-likeness (QED) is 0.494. The predicted molar refractivity (Wildman–Crippen MR) is 45.3 cm³/mol. The number of aliphatic hydroxyl groups excluding tert-OH is 1. The van der Waals surface area contributed by atoms with Crippen LogP contribution in [-0.4, -0.2) is 17.1 Å². The van der Waals surface area contributed by atoms with Crippen molar-refractivity contribution in [3.05, 3.63) is 24.3 Å². The first-order valence-electron chi connectivity index (χ1n) is 3.38. The number of hydrogen-bond acceptors (Lipinski definition) is 1. The van der Waals surface area contributed by atoms with Gasteiger partial charge < -0.3 is 5.11 Å². The van der Waals surface area contributed by atoms with Gasteiger partial charge in [0.25, 0.3) is 0 Å². The van der Waals surface area contributed by atoms with Crippen LogP contribution in [0, 0.1) is 0 Å². The summed E-state index contributed by atoms with van der Waals surface area (Å²) in [5.74, 6) is 0.520. The SMILES string of the molecule is CCC(O)/C=C/C=C/CCl. The smallest absolute Gasteiger partial charge is 0.0721 e. The van der Waals surface area contributed by atoms with Crippen molar-refractivity contribution in [2.24, 2.45) is 0 Å². The lowest BCUT2D eigenvalue weighted by atomic mass is 10.2. The Bertz CT molecular complexity index is 118. The van der Waals surface area contributed by atoms with E-state index in [9.17, 15) is 0 Å². The van der Waals surface area contributed by atoms with E-state index in [0.717, 1.165) is 6.42 Å². The second-order valence-electron chi connectivity index (χ2n) is 1.94. The van der Waals surface area contributed by atoms with Gasteiger partial charge in [-0.25, -0.2) is 0 Å². The molecule has 0 amide bonds. The number of halogens is 1. The number of aliphatic hydroxyl groups is 1. The van der Waals surface area contributed by atoms with E-state index in [1.165, 1.54) is 0 Å². The molecule has 58 valence electrons. The maximum atomic E-state index is 9.00. The molecule has 0 aromatic rings. The van der Waals surface area contributed by atoms with Crippen LogP contribution < -0.4 is 0 Å². The first-order valence-corrected chi connectivity index (χ1v) is 3.92. The molecule has 0 heterocycles. The summed E-state index contributed by atoms with van der Waals surface area (Å²) >= 11 is 5.37. The highest BCUT2D eigenvalue weighted by molar-refractivity contribution is 6.18. The molecule has 0 radical (unpaired) electrons. The van der Waals surface area contributed by atoms with Gasteiger partial charge in [0.15, 0.2) is 0 Å². The summed E-state index contributed by atoms with van der Waals surface area (Å²) < 4.78 is 0. The first-order chi connectivity index (χ1) is 4.81. The minimum absolute atomic E-state index is 0.319. The second-order valence-corrected chi connectivity index (χ2v) is 2.25. The lowest BCUT2D eigenvalue weighted by Gasteiger charge is -1.95. The normalized spacial score (nSPS) is 15.1. The van der Waals surface area contributed by atoms with E-state index in [4.69, 9.17) is 16.7 Å². The van der Waals surface area contributed by atoms with E-state index in [1.807, 2.05) is 19.1 Å². The maximum Gasteiger partial charge on any atom is 0.0721 e. The third-order valence-electron chi connectivity index (χ3n) is 1.09. The molecule has 0 aromatic carbocycles. The van der Waals surface area contributed by atoms with Crippen molar-refractivity contribution in [1.82, 2.24) is 0 Å². The summed E-state index contributed by atoms with van der Waals surface area (Å²) in [6.07, 6.45) is 7.62. The minimum atomic E-state index is -0.319. The Morgan fingerprint density at radius 3 is 2.70 bits per heavy atom. The lowest BCUT2D eigenvalue weighted by Crippen LogP contribution is -1.97. The zero-order chi connectivity index (χ0) is 7.82. The zero-order valence-corrected chi connectivity index (χ0v) is 6.88. The molecule has 0 bridgehead atoms. The Hall–Kier alpha value is -0.270. The van der Waals surface area contributed by atoms with Gasteiger partial charge in [-0.05, 0) is 6.42 Å². The summed E-state index contributed by atoms with van der Waals surface area (Å²) in [5.41, 5.74) is 0. The van der Waals surface area contributed by atoms with E-state index in [2.05, 4.69) is 0 Å². The van der Waals surface area contributed by atoms with Crippen LogP contribution in [0.1, 0.15) is 13.3 Å². The Labute approximate surface area is 67.0 Å². The molecule has 1 nitrogen and oxygen atoms in total. The highest BCUT2D eigenvalue weighted by atomic mass is 35.5. The summed E-state index contributed by atoms with van der Waals surface area (Å²) in [7, 11) is 0. The highest BCUT2D eigenvalue weighted by Gasteiger charge is 1.88. The van der Waals surface area contributed by atoms with Crippen molar-refractivity contribution in [2.75, 3.05) is 5.88 Å². The number of alkyl halides is 1. The average molecular weight is 161 g/mol. The predicted octanol–water partition coefficient (Wildman–Crippen LogP) is 2.11. The lowest BCUT2D eigenvalue weighted by molar-refractivity contribution is 0.219. The maximum absolute atomic E-state index is 9.00. The van der Waals surface area contributed by atoms with Gasteiger partial charge in [-0.1, -0.05) is 31.2 Å². The monoisotopic (exact) mass is 160 g/mol. The van der Waals surface area contributed by atoms with Crippen LogP contribution in [-0.2, 0) is 0 Å². The van der Waals surface area contributed by atoms with E-state index >= 15 is 0 Å². The molecule has 0 aliphatic rings. The van der Waals surface area contributed by atoms with Crippen molar-refractivity contribution >= 4 is 11.6 Å². The molecule has 0 rings (SSSR count). The molecule has 0 saturated heterocycles. The van der Waals surface area contributed by atoms with Crippen LogP contribution in [0.4, 0.5) is 0 Å². The summed E-state index contributed by atoms with van der Waals surface area (Å²) in [4.78, 5) is 0. The molecule has 2 heteroatoms. The van der Waals surface area contributed by atoms with Crippen molar-refractivity contribution in [3.8, 4) is 0 Å². The molecule has 1 atom stereocenters. The van der Waals surface area contributed by atoms with Gasteiger partial charge in [-0.15, -0.1) is 11.6 Å². The topological polar surface area (TPSA) is 20.2 Å². The van der Waals surface area contributed by atoms with Crippen LogP contribution in [0.15, 0.2) is 24.3 Å². The summed E-state index contributed by atoms with van der Waals surface area (Å²) in [5, 5.41) is 9.00. The Balaban J connectivity index is 3.44. The van der Waals surface area contributed by atoms with Gasteiger partial charge >= 0.3 is 0 Å². The van der Waals surface area contributed by atoms with Crippen LogP contribution in [0.25, 0.3) is 0 Å². The fourth-order valence-electron chi connectivity index (χ4n) is 0.458. The summed E-state index contributed by atoms with van der Waals surface area (Å²) in [6.45, 7) is 1.93. The van der Waals surface area contributed by atoms with Crippen molar-refractivity contribution in [2.45, 2.75) is 19.4 Å². The van der Waals surface area contributed by atoms with Crippen LogP contribution in [0.2, 0.25) is 0 Å². The van der Waals surface area contributed by atoms with Gasteiger partial charge in [0.05, 0.1) is 6.10 Å². The standard InChI is InChI=1S/C8H13ClO/c1-2-8(10)6-4-3-5-7-9/h3-6,8,10H,2,7H2,1H3/b5-3+,6-4+. The van der Waals surface area contributed by atoms with Gasteiger partial charge in [-0.3, -0.25) is 0 Å². The first kappa shape index (κ1) is 9.73.